The minimum absolute atomic E-state index is 0.211. The van der Waals surface area contributed by atoms with Crippen LogP contribution in [-0.4, -0.2) is 29.1 Å². The predicted molar refractivity (Wildman–Crippen MR) is 110 cm³/mol. The van der Waals surface area contributed by atoms with E-state index in [0.717, 1.165) is 23.8 Å². The van der Waals surface area contributed by atoms with E-state index in [1.165, 1.54) is 6.07 Å². The number of fused-ring (bicyclic) bond motifs is 1. The van der Waals surface area contributed by atoms with Crippen LogP contribution in [0.3, 0.4) is 0 Å². The lowest BCUT2D eigenvalue weighted by molar-refractivity contribution is -0.144. The summed E-state index contributed by atoms with van der Waals surface area (Å²) in [6.45, 7) is 8.99. The molecule has 0 saturated heterocycles. The first-order valence-corrected chi connectivity index (χ1v) is 9.95. The van der Waals surface area contributed by atoms with Crippen LogP contribution in [0.4, 0.5) is 0 Å². The molecule has 0 saturated carbocycles. The van der Waals surface area contributed by atoms with Gasteiger partial charge in [0.25, 0.3) is 5.91 Å². The fourth-order valence-corrected chi connectivity index (χ4v) is 3.21. The molecule has 0 aliphatic carbocycles. The van der Waals surface area contributed by atoms with E-state index in [0.29, 0.717) is 23.3 Å². The molecule has 0 bridgehead atoms. The lowest BCUT2D eigenvalue weighted by atomic mass is 9.99. The van der Waals surface area contributed by atoms with Crippen LogP contribution in [0.15, 0.2) is 27.4 Å². The highest BCUT2D eigenvalue weighted by atomic mass is 16.5. The molecule has 7 nitrogen and oxygen atoms in total. The molecule has 0 aliphatic rings. The number of carboxylic acids is 1. The summed E-state index contributed by atoms with van der Waals surface area (Å²) in [7, 11) is 0. The Kier molecular flexibility index (Phi) is 7.42. The Hall–Kier alpha value is -2.83. The summed E-state index contributed by atoms with van der Waals surface area (Å²) in [5, 5.41) is 12.7. The standard InChI is InChI=1S/C22H29NO6/c1-6-8-15-11-18(24)29-20-13(4)17(10-9-16(15)20)28-14(5)21(25)23-19(22(26)27)12(3)7-2/h9-12,14,19H,6-8H2,1-5H3,(H,23,25)(H,26,27)/t12-,14-,19+/m0/s1. The van der Waals surface area contributed by atoms with E-state index in [1.807, 2.05) is 19.9 Å². The molecule has 0 unspecified atom stereocenters. The van der Waals surface area contributed by atoms with E-state index in [4.69, 9.17) is 9.15 Å². The van der Waals surface area contributed by atoms with Gasteiger partial charge in [0.2, 0.25) is 0 Å². The first kappa shape index (κ1) is 22.5. The summed E-state index contributed by atoms with van der Waals surface area (Å²) < 4.78 is 11.2. The van der Waals surface area contributed by atoms with E-state index in [9.17, 15) is 19.5 Å². The molecule has 7 heteroatoms. The Labute approximate surface area is 170 Å². The predicted octanol–water partition coefficient (Wildman–Crippen LogP) is 3.44. The third-order valence-electron chi connectivity index (χ3n) is 5.17. The zero-order valence-electron chi connectivity index (χ0n) is 17.6. The minimum atomic E-state index is -1.08. The highest BCUT2D eigenvalue weighted by Gasteiger charge is 2.28. The van der Waals surface area contributed by atoms with Crippen molar-refractivity contribution in [2.45, 2.75) is 66.0 Å². The van der Waals surface area contributed by atoms with Crippen molar-refractivity contribution in [3.8, 4) is 5.75 Å². The largest absolute Gasteiger partial charge is 0.480 e. The molecule has 1 aromatic carbocycles. The van der Waals surface area contributed by atoms with Crippen molar-refractivity contribution >= 4 is 22.8 Å². The number of benzene rings is 1. The van der Waals surface area contributed by atoms with Crippen LogP contribution in [0.2, 0.25) is 0 Å². The van der Waals surface area contributed by atoms with Crippen molar-refractivity contribution in [1.82, 2.24) is 5.32 Å². The molecule has 1 amide bonds. The van der Waals surface area contributed by atoms with Gasteiger partial charge in [-0.3, -0.25) is 4.79 Å². The summed E-state index contributed by atoms with van der Waals surface area (Å²) in [4.78, 5) is 35.8. The van der Waals surface area contributed by atoms with E-state index in [2.05, 4.69) is 5.32 Å². The molecule has 3 atom stereocenters. The zero-order valence-corrected chi connectivity index (χ0v) is 17.6. The number of ether oxygens (including phenoxy) is 1. The molecule has 1 aromatic heterocycles. The second-order valence-corrected chi connectivity index (χ2v) is 7.38. The number of carbonyl (C=O) groups is 2. The maximum Gasteiger partial charge on any atom is 0.336 e. The van der Waals surface area contributed by atoms with Crippen molar-refractivity contribution in [3.05, 3.63) is 39.7 Å². The number of hydrogen-bond donors (Lipinski definition) is 2. The van der Waals surface area contributed by atoms with Crippen LogP contribution in [0, 0.1) is 12.8 Å². The van der Waals surface area contributed by atoms with E-state index < -0.39 is 29.6 Å². The maximum atomic E-state index is 12.5. The average Bonchev–Trinajstić information content (AvgIpc) is 2.67. The van der Waals surface area contributed by atoms with Crippen LogP contribution in [-0.2, 0) is 16.0 Å². The molecule has 158 valence electrons. The third-order valence-corrected chi connectivity index (χ3v) is 5.17. The molecule has 29 heavy (non-hydrogen) atoms. The van der Waals surface area contributed by atoms with Crippen molar-refractivity contribution < 1.29 is 23.8 Å². The summed E-state index contributed by atoms with van der Waals surface area (Å²) in [6.07, 6.45) is 1.36. The summed E-state index contributed by atoms with van der Waals surface area (Å²) in [5.41, 5.74) is 1.55. The van der Waals surface area contributed by atoms with Crippen LogP contribution < -0.4 is 15.7 Å². The topological polar surface area (TPSA) is 106 Å². The Balaban J connectivity index is 2.27. The highest BCUT2D eigenvalue weighted by Crippen LogP contribution is 2.29. The Morgan fingerprint density at radius 3 is 2.52 bits per heavy atom. The fraction of sp³-hybridized carbons (Fsp3) is 0.500. The molecule has 0 radical (unpaired) electrons. The number of carbonyl (C=O) groups excluding carboxylic acids is 1. The average molecular weight is 403 g/mol. The first-order chi connectivity index (χ1) is 13.7. The van der Waals surface area contributed by atoms with Crippen LogP contribution in [0.25, 0.3) is 11.0 Å². The zero-order chi connectivity index (χ0) is 21.7. The number of carboxylic acid groups (broad SMARTS) is 1. The summed E-state index contributed by atoms with van der Waals surface area (Å²) in [6, 6.07) is 4.08. The van der Waals surface area contributed by atoms with Crippen LogP contribution >= 0.6 is 0 Å². The summed E-state index contributed by atoms with van der Waals surface area (Å²) >= 11 is 0. The monoisotopic (exact) mass is 403 g/mol. The molecule has 0 spiro atoms. The SMILES string of the molecule is CCCc1cc(=O)oc2c(C)c(O[C@@H](C)C(=O)N[C@@H](C(=O)O)[C@@H](C)CC)ccc12. The van der Waals surface area contributed by atoms with E-state index >= 15 is 0 Å². The molecule has 2 N–H and O–H groups in total. The number of aliphatic carboxylic acids is 1. The Morgan fingerprint density at radius 2 is 1.93 bits per heavy atom. The normalized spacial score (nSPS) is 14.2. The van der Waals surface area contributed by atoms with Gasteiger partial charge in [0.15, 0.2) is 6.10 Å². The molecular formula is C22H29NO6. The highest BCUT2D eigenvalue weighted by molar-refractivity contribution is 5.87. The Bertz CT molecular complexity index is 948. The van der Waals surface area contributed by atoms with Gasteiger partial charge in [-0.05, 0) is 43.9 Å². The lowest BCUT2D eigenvalue weighted by Crippen LogP contribution is -2.49. The second kappa shape index (κ2) is 9.58. The van der Waals surface area contributed by atoms with Crippen LogP contribution in [0.5, 0.6) is 5.75 Å². The molecule has 1 heterocycles. The maximum absolute atomic E-state index is 12.5. The van der Waals surface area contributed by atoms with Crippen molar-refractivity contribution in [1.29, 1.82) is 0 Å². The first-order valence-electron chi connectivity index (χ1n) is 9.95. The number of nitrogens with one attached hydrogen (secondary N) is 1. The smallest absolute Gasteiger partial charge is 0.336 e. The van der Waals surface area contributed by atoms with Gasteiger partial charge in [-0.15, -0.1) is 0 Å². The molecule has 0 aliphatic heterocycles. The molecular weight excluding hydrogens is 374 g/mol. The van der Waals surface area contributed by atoms with E-state index in [-0.39, 0.29) is 5.92 Å². The van der Waals surface area contributed by atoms with E-state index in [1.54, 1.807) is 26.8 Å². The quantitative estimate of drug-likeness (QED) is 0.621. The van der Waals surface area contributed by atoms with Gasteiger partial charge in [0, 0.05) is 17.0 Å². The third kappa shape index (κ3) is 5.16. The van der Waals surface area contributed by atoms with Gasteiger partial charge in [-0.1, -0.05) is 33.6 Å². The lowest BCUT2D eigenvalue weighted by Gasteiger charge is -2.23. The fourth-order valence-electron chi connectivity index (χ4n) is 3.21. The van der Waals surface area contributed by atoms with Crippen molar-refractivity contribution in [2.24, 2.45) is 5.92 Å². The number of hydrogen-bond acceptors (Lipinski definition) is 5. The second-order valence-electron chi connectivity index (χ2n) is 7.38. The van der Waals surface area contributed by atoms with Gasteiger partial charge in [0.1, 0.15) is 17.4 Å². The van der Waals surface area contributed by atoms with Crippen molar-refractivity contribution in [3.63, 3.8) is 0 Å². The Morgan fingerprint density at radius 1 is 1.24 bits per heavy atom. The number of rotatable bonds is 9. The van der Waals surface area contributed by atoms with Gasteiger partial charge in [-0.25, -0.2) is 9.59 Å². The molecule has 2 aromatic rings. The van der Waals surface area contributed by atoms with Gasteiger partial charge >= 0.3 is 11.6 Å². The van der Waals surface area contributed by atoms with Gasteiger partial charge in [-0.2, -0.15) is 0 Å². The van der Waals surface area contributed by atoms with Gasteiger partial charge < -0.3 is 19.6 Å². The van der Waals surface area contributed by atoms with Gasteiger partial charge in [0.05, 0.1) is 0 Å². The number of aryl methyl sites for hydroxylation is 2. The number of amides is 1. The summed E-state index contributed by atoms with van der Waals surface area (Å²) in [5.74, 6) is -1.39. The minimum Gasteiger partial charge on any atom is -0.480 e. The molecule has 2 rings (SSSR count). The molecule has 0 fully saturated rings. The van der Waals surface area contributed by atoms with Crippen LogP contribution in [0.1, 0.15) is 51.7 Å². The van der Waals surface area contributed by atoms with Crippen molar-refractivity contribution in [2.75, 3.05) is 0 Å².